The van der Waals surface area contributed by atoms with Gasteiger partial charge in [-0.1, -0.05) is 0 Å². The van der Waals surface area contributed by atoms with Gasteiger partial charge >= 0.3 is 0 Å². The highest BCUT2D eigenvalue weighted by Gasteiger charge is 2.11. The first-order valence-electron chi connectivity index (χ1n) is 5.54. The van der Waals surface area contributed by atoms with Gasteiger partial charge in [0.05, 0.1) is 5.56 Å². The maximum absolute atomic E-state index is 13.2. The van der Waals surface area contributed by atoms with Gasteiger partial charge in [0.1, 0.15) is 0 Å². The smallest absolute Gasteiger partial charge is 0.255 e. The van der Waals surface area contributed by atoms with Gasteiger partial charge < -0.3 is 5.32 Å². The van der Waals surface area contributed by atoms with Crippen LogP contribution in [0.4, 0.5) is 4.39 Å². The summed E-state index contributed by atoms with van der Waals surface area (Å²) in [7, 11) is 1.83. The van der Waals surface area contributed by atoms with E-state index in [-0.39, 0.29) is 5.56 Å². The van der Waals surface area contributed by atoms with E-state index in [9.17, 15) is 9.18 Å². The lowest BCUT2D eigenvalue weighted by molar-refractivity contribution is 0.0949. The molecule has 0 unspecified atom stereocenters. The molecule has 0 fully saturated rings. The minimum Gasteiger partial charge on any atom is -0.352 e. The third kappa shape index (κ3) is 2.71. The number of aryl methyl sites for hydroxylation is 1. The van der Waals surface area contributed by atoms with E-state index in [1.54, 1.807) is 10.9 Å². The number of halogens is 1. The molecule has 0 atom stereocenters. The molecule has 2 aromatic heterocycles. The van der Waals surface area contributed by atoms with Crippen molar-refractivity contribution in [1.29, 1.82) is 0 Å². The van der Waals surface area contributed by atoms with Gasteiger partial charge in [-0.15, -0.1) is 0 Å². The van der Waals surface area contributed by atoms with Crippen LogP contribution in [-0.2, 0) is 13.5 Å². The van der Waals surface area contributed by atoms with Crippen LogP contribution in [0.3, 0.4) is 0 Å². The quantitative estimate of drug-likeness (QED) is 0.819. The molecule has 2 aromatic rings. The lowest BCUT2D eigenvalue weighted by Gasteiger charge is -2.05. The monoisotopic (exact) mass is 248 g/mol. The van der Waals surface area contributed by atoms with Gasteiger partial charge in [-0.05, 0) is 18.2 Å². The Morgan fingerprint density at radius 3 is 2.94 bits per heavy atom. The minimum atomic E-state index is -0.754. The van der Waals surface area contributed by atoms with Crippen LogP contribution in [0.1, 0.15) is 16.1 Å². The Labute approximate surface area is 104 Å². The largest absolute Gasteiger partial charge is 0.352 e. The summed E-state index contributed by atoms with van der Waals surface area (Å²) in [6.45, 7) is 0.423. The Morgan fingerprint density at radius 1 is 1.44 bits per heavy atom. The van der Waals surface area contributed by atoms with Gasteiger partial charge in [0, 0.05) is 38.1 Å². The number of amides is 1. The van der Waals surface area contributed by atoms with E-state index < -0.39 is 11.9 Å². The maximum Gasteiger partial charge on any atom is 0.255 e. The number of hydrogen-bond donors (Lipinski definition) is 1. The fraction of sp³-hybridized carbons (Fsp3) is 0.250. The lowest BCUT2D eigenvalue weighted by atomic mass is 10.2. The summed E-state index contributed by atoms with van der Waals surface area (Å²) in [4.78, 5) is 15.1. The van der Waals surface area contributed by atoms with E-state index in [0.717, 1.165) is 5.69 Å². The third-order valence-electron chi connectivity index (χ3n) is 2.59. The normalized spacial score (nSPS) is 10.3. The average molecular weight is 248 g/mol. The molecular formula is C12H13FN4O. The number of pyridine rings is 1. The molecule has 0 radical (unpaired) electrons. The average Bonchev–Trinajstić information content (AvgIpc) is 2.75. The molecule has 5 nitrogen and oxygen atoms in total. The molecule has 1 N–H and O–H groups in total. The SMILES string of the molecule is Cn1nccc1CCNC(=O)c1cccnc1F. The first-order chi connectivity index (χ1) is 8.68. The molecule has 0 bridgehead atoms. The Morgan fingerprint density at radius 2 is 2.28 bits per heavy atom. The first-order valence-corrected chi connectivity index (χ1v) is 5.54. The second kappa shape index (κ2) is 5.39. The Kier molecular flexibility index (Phi) is 3.66. The van der Waals surface area contributed by atoms with Crippen LogP contribution >= 0.6 is 0 Å². The zero-order chi connectivity index (χ0) is 13.0. The van der Waals surface area contributed by atoms with Crippen molar-refractivity contribution < 1.29 is 9.18 Å². The summed E-state index contributed by atoms with van der Waals surface area (Å²) in [6.07, 6.45) is 3.64. The maximum atomic E-state index is 13.2. The molecular weight excluding hydrogens is 235 g/mol. The number of nitrogens with one attached hydrogen (secondary N) is 1. The number of nitrogens with zero attached hydrogens (tertiary/aromatic N) is 3. The van der Waals surface area contributed by atoms with Crippen molar-refractivity contribution in [3.05, 3.63) is 47.8 Å². The van der Waals surface area contributed by atoms with Gasteiger partial charge in [0.25, 0.3) is 5.91 Å². The second-order valence-corrected chi connectivity index (χ2v) is 3.79. The summed E-state index contributed by atoms with van der Waals surface area (Å²) in [6, 6.07) is 4.80. The van der Waals surface area contributed by atoms with Crippen LogP contribution in [0, 0.1) is 5.95 Å². The Hall–Kier alpha value is -2.24. The number of hydrogen-bond acceptors (Lipinski definition) is 3. The molecule has 0 aliphatic heterocycles. The van der Waals surface area contributed by atoms with E-state index in [0.29, 0.717) is 13.0 Å². The van der Waals surface area contributed by atoms with E-state index in [2.05, 4.69) is 15.4 Å². The van der Waals surface area contributed by atoms with Crippen molar-refractivity contribution in [3.63, 3.8) is 0 Å². The molecule has 6 heteroatoms. The standard InChI is InChI=1S/C12H13FN4O/c1-17-9(5-8-16-17)4-7-15-12(18)10-3-2-6-14-11(10)13/h2-3,5-6,8H,4,7H2,1H3,(H,15,18). The molecule has 2 rings (SSSR count). The minimum absolute atomic E-state index is 0.0393. The van der Waals surface area contributed by atoms with Crippen molar-refractivity contribution in [3.8, 4) is 0 Å². The Bertz CT molecular complexity index is 553. The van der Waals surface area contributed by atoms with Crippen molar-refractivity contribution in [2.24, 2.45) is 7.05 Å². The lowest BCUT2D eigenvalue weighted by Crippen LogP contribution is -2.27. The molecule has 18 heavy (non-hydrogen) atoms. The van der Waals surface area contributed by atoms with Gasteiger partial charge in [-0.2, -0.15) is 9.49 Å². The summed E-state index contributed by atoms with van der Waals surface area (Å²) >= 11 is 0. The molecule has 0 aromatic carbocycles. The van der Waals surface area contributed by atoms with Gasteiger partial charge in [0.15, 0.2) is 0 Å². The van der Waals surface area contributed by atoms with Gasteiger partial charge in [-0.25, -0.2) is 4.98 Å². The van der Waals surface area contributed by atoms with Crippen LogP contribution < -0.4 is 5.32 Å². The molecule has 0 aliphatic rings. The summed E-state index contributed by atoms with van der Waals surface area (Å²) < 4.78 is 15.0. The predicted octanol–water partition coefficient (Wildman–Crippen LogP) is 0.927. The van der Waals surface area contributed by atoms with Crippen molar-refractivity contribution in [1.82, 2.24) is 20.1 Å². The van der Waals surface area contributed by atoms with E-state index in [4.69, 9.17) is 0 Å². The fourth-order valence-electron chi connectivity index (χ4n) is 1.60. The van der Waals surface area contributed by atoms with Crippen LogP contribution in [0.5, 0.6) is 0 Å². The van der Waals surface area contributed by atoms with Crippen LogP contribution in [-0.4, -0.2) is 27.2 Å². The predicted molar refractivity (Wildman–Crippen MR) is 63.4 cm³/mol. The van der Waals surface area contributed by atoms with Crippen molar-refractivity contribution in [2.45, 2.75) is 6.42 Å². The highest BCUT2D eigenvalue weighted by atomic mass is 19.1. The summed E-state index contributed by atoms with van der Waals surface area (Å²) in [5.41, 5.74) is 0.962. The molecule has 0 saturated heterocycles. The second-order valence-electron chi connectivity index (χ2n) is 3.79. The van der Waals surface area contributed by atoms with E-state index in [1.165, 1.54) is 18.3 Å². The van der Waals surface area contributed by atoms with E-state index >= 15 is 0 Å². The van der Waals surface area contributed by atoms with Crippen molar-refractivity contribution in [2.75, 3.05) is 6.54 Å². The summed E-state index contributed by atoms with van der Waals surface area (Å²) in [5.74, 6) is -1.21. The number of aromatic nitrogens is 3. The molecule has 2 heterocycles. The Balaban J connectivity index is 1.90. The first kappa shape index (κ1) is 12.2. The van der Waals surface area contributed by atoms with Crippen molar-refractivity contribution >= 4 is 5.91 Å². The molecule has 1 amide bonds. The fourth-order valence-corrected chi connectivity index (χ4v) is 1.60. The van der Waals surface area contributed by atoms with Crippen LogP contribution in [0.15, 0.2) is 30.6 Å². The topological polar surface area (TPSA) is 59.8 Å². The number of carbonyl (C=O) groups is 1. The summed E-state index contributed by atoms with van der Waals surface area (Å²) in [5, 5.41) is 6.67. The van der Waals surface area contributed by atoms with Gasteiger partial charge in [0.2, 0.25) is 5.95 Å². The highest BCUT2D eigenvalue weighted by molar-refractivity contribution is 5.94. The molecule has 0 aliphatic carbocycles. The van der Waals surface area contributed by atoms with Crippen LogP contribution in [0.25, 0.3) is 0 Å². The number of rotatable bonds is 4. The molecule has 0 spiro atoms. The molecule has 0 saturated carbocycles. The van der Waals surface area contributed by atoms with Gasteiger partial charge in [-0.3, -0.25) is 9.48 Å². The number of carbonyl (C=O) groups excluding carboxylic acids is 1. The van der Waals surface area contributed by atoms with E-state index in [1.807, 2.05) is 13.1 Å². The highest BCUT2D eigenvalue weighted by Crippen LogP contribution is 2.03. The third-order valence-corrected chi connectivity index (χ3v) is 2.59. The van der Waals surface area contributed by atoms with Crippen LogP contribution in [0.2, 0.25) is 0 Å². The zero-order valence-corrected chi connectivity index (χ0v) is 9.93. The molecule has 94 valence electrons. The zero-order valence-electron chi connectivity index (χ0n) is 9.93.